The average molecular weight is 328 g/mol. The molecule has 0 aliphatic carbocycles. The van der Waals surface area contributed by atoms with E-state index in [-0.39, 0.29) is 18.1 Å². The topological polar surface area (TPSA) is 32.8 Å². The van der Waals surface area contributed by atoms with Crippen molar-refractivity contribution in [3.8, 4) is 0 Å². The number of carbonyl (C=O) groups excluding carboxylic acids is 1. The van der Waals surface area contributed by atoms with Gasteiger partial charge in [0.05, 0.1) is 0 Å². The lowest BCUT2D eigenvalue weighted by atomic mass is 9.86. The average Bonchev–Trinajstić information content (AvgIpc) is 2.65. The van der Waals surface area contributed by atoms with E-state index in [1.165, 1.54) is 45.2 Å². The molecular weight excluding hydrogens is 300 g/mol. The molecule has 1 aromatic rings. The van der Waals surface area contributed by atoms with Gasteiger partial charge < -0.3 is 4.74 Å². The van der Waals surface area contributed by atoms with Crippen LogP contribution in [0.15, 0.2) is 30.3 Å². The van der Waals surface area contributed by atoms with E-state index >= 15 is 0 Å². The Morgan fingerprint density at radius 3 is 2.33 bits per heavy atom. The van der Waals surface area contributed by atoms with Crippen LogP contribution in [0.5, 0.6) is 0 Å². The van der Waals surface area contributed by atoms with E-state index in [9.17, 15) is 4.79 Å². The number of ether oxygens (including phenoxy) is 1. The fraction of sp³-hybridized carbons (Fsp3) is 0.650. The highest BCUT2D eigenvalue weighted by atomic mass is 16.5. The predicted octanol–water partition coefficient (Wildman–Crippen LogP) is 2.85. The maximum Gasteiger partial charge on any atom is 0.328 e. The van der Waals surface area contributed by atoms with Crippen LogP contribution in [0.2, 0.25) is 0 Å². The summed E-state index contributed by atoms with van der Waals surface area (Å²) in [6, 6.07) is 9.95. The van der Waals surface area contributed by atoms with E-state index in [0.717, 1.165) is 25.2 Å². The Bertz CT molecular complexity index is 548. The van der Waals surface area contributed by atoms with Crippen molar-refractivity contribution in [2.24, 2.45) is 5.92 Å². The van der Waals surface area contributed by atoms with Gasteiger partial charge in [-0.25, -0.2) is 4.79 Å². The number of likely N-dealkylation sites (tertiary alicyclic amines) is 1. The fourth-order valence-electron chi connectivity index (χ4n) is 4.57. The molecule has 5 rings (SSSR count). The standard InChI is InChI=1S/C20H28N2O2/c23-20(24-18-15-21-13-9-16(18)10-14-21)19(17-7-3-1-4-8-17)22-11-5-2-6-12-22/h1,3-4,7-8,16,18-19H,2,5-6,9-15H2. The first kappa shape index (κ1) is 16.1. The first-order valence-electron chi connectivity index (χ1n) is 9.53. The largest absolute Gasteiger partial charge is 0.459 e. The molecule has 0 aromatic heterocycles. The Hall–Kier alpha value is -1.39. The number of hydrogen-bond acceptors (Lipinski definition) is 4. The molecule has 130 valence electrons. The monoisotopic (exact) mass is 328 g/mol. The molecular formula is C20H28N2O2. The molecule has 4 heterocycles. The van der Waals surface area contributed by atoms with E-state index in [1.54, 1.807) is 0 Å². The van der Waals surface area contributed by atoms with Crippen molar-refractivity contribution in [2.45, 2.75) is 44.2 Å². The van der Waals surface area contributed by atoms with Crippen molar-refractivity contribution in [2.75, 3.05) is 32.7 Å². The molecule has 4 aliphatic rings. The smallest absolute Gasteiger partial charge is 0.328 e. The summed E-state index contributed by atoms with van der Waals surface area (Å²) in [6.45, 7) is 5.27. The van der Waals surface area contributed by atoms with Crippen LogP contribution in [0, 0.1) is 5.92 Å². The normalized spacial score (nSPS) is 31.6. The van der Waals surface area contributed by atoms with Crippen molar-refractivity contribution >= 4 is 5.97 Å². The third-order valence-electron chi connectivity index (χ3n) is 5.96. The second-order valence-electron chi connectivity index (χ2n) is 7.52. The van der Waals surface area contributed by atoms with Crippen LogP contribution < -0.4 is 0 Å². The molecule has 4 aliphatic heterocycles. The molecule has 2 atom stereocenters. The van der Waals surface area contributed by atoms with Crippen LogP contribution in [0.3, 0.4) is 0 Å². The first-order valence-corrected chi connectivity index (χ1v) is 9.53. The number of benzene rings is 1. The number of carbonyl (C=O) groups is 1. The van der Waals surface area contributed by atoms with Gasteiger partial charge in [-0.05, 0) is 63.3 Å². The number of fused-ring (bicyclic) bond motifs is 3. The minimum absolute atomic E-state index is 0.0400. The molecule has 4 saturated heterocycles. The van der Waals surface area contributed by atoms with Crippen LogP contribution in [0.1, 0.15) is 43.7 Å². The molecule has 0 N–H and O–H groups in total. The molecule has 4 heteroatoms. The Labute approximate surface area is 144 Å². The van der Waals surface area contributed by atoms with Gasteiger partial charge in [0.25, 0.3) is 0 Å². The molecule has 4 fully saturated rings. The summed E-state index contributed by atoms with van der Waals surface area (Å²) in [5.74, 6) is 0.526. The molecule has 2 bridgehead atoms. The minimum atomic E-state index is -0.234. The van der Waals surface area contributed by atoms with E-state index in [1.807, 2.05) is 18.2 Å². The molecule has 0 amide bonds. The third kappa shape index (κ3) is 3.35. The maximum atomic E-state index is 13.1. The van der Waals surface area contributed by atoms with Crippen molar-refractivity contribution in [3.63, 3.8) is 0 Å². The van der Waals surface area contributed by atoms with E-state index < -0.39 is 0 Å². The summed E-state index contributed by atoms with van der Waals surface area (Å²) in [7, 11) is 0. The van der Waals surface area contributed by atoms with Crippen LogP contribution in [0.25, 0.3) is 0 Å². The lowest BCUT2D eigenvalue weighted by Crippen LogP contribution is -2.52. The lowest BCUT2D eigenvalue weighted by molar-refractivity contribution is -0.166. The van der Waals surface area contributed by atoms with Gasteiger partial charge in [-0.1, -0.05) is 36.8 Å². The van der Waals surface area contributed by atoms with Gasteiger partial charge in [0, 0.05) is 6.54 Å². The minimum Gasteiger partial charge on any atom is -0.459 e. The van der Waals surface area contributed by atoms with Gasteiger partial charge in [-0.2, -0.15) is 0 Å². The second-order valence-corrected chi connectivity index (χ2v) is 7.52. The fourth-order valence-corrected chi connectivity index (χ4v) is 4.57. The summed E-state index contributed by atoms with van der Waals surface area (Å²) in [4.78, 5) is 17.9. The Morgan fingerprint density at radius 2 is 1.71 bits per heavy atom. The van der Waals surface area contributed by atoms with Gasteiger partial charge in [-0.3, -0.25) is 9.80 Å². The predicted molar refractivity (Wildman–Crippen MR) is 93.7 cm³/mol. The second kappa shape index (κ2) is 7.24. The zero-order chi connectivity index (χ0) is 16.4. The Kier molecular flexibility index (Phi) is 4.86. The summed E-state index contributed by atoms with van der Waals surface area (Å²) in [5, 5.41) is 0. The first-order chi connectivity index (χ1) is 11.8. The Morgan fingerprint density at radius 1 is 1.00 bits per heavy atom. The van der Waals surface area contributed by atoms with E-state index in [0.29, 0.717) is 5.92 Å². The molecule has 24 heavy (non-hydrogen) atoms. The van der Waals surface area contributed by atoms with Crippen LogP contribution in [-0.2, 0) is 9.53 Å². The quantitative estimate of drug-likeness (QED) is 0.796. The summed E-state index contributed by atoms with van der Waals surface area (Å²) in [6.07, 6.45) is 6.07. The molecule has 0 saturated carbocycles. The van der Waals surface area contributed by atoms with Gasteiger partial charge in [0.15, 0.2) is 0 Å². The van der Waals surface area contributed by atoms with Gasteiger partial charge in [0.1, 0.15) is 12.1 Å². The van der Waals surface area contributed by atoms with E-state index in [2.05, 4.69) is 21.9 Å². The highest BCUT2D eigenvalue weighted by molar-refractivity contribution is 5.78. The molecule has 2 unspecified atom stereocenters. The molecule has 0 radical (unpaired) electrons. The van der Waals surface area contributed by atoms with Crippen LogP contribution in [0.4, 0.5) is 0 Å². The summed E-state index contributed by atoms with van der Waals surface area (Å²) < 4.78 is 6.07. The number of piperidine rings is 4. The van der Waals surface area contributed by atoms with Gasteiger partial charge >= 0.3 is 5.97 Å². The van der Waals surface area contributed by atoms with Crippen LogP contribution >= 0.6 is 0 Å². The SMILES string of the molecule is O=C(OC1CN2CCC1CC2)C(c1ccccc1)N1CCCCC1. The summed E-state index contributed by atoms with van der Waals surface area (Å²) >= 11 is 0. The van der Waals surface area contributed by atoms with E-state index in [4.69, 9.17) is 4.74 Å². The van der Waals surface area contributed by atoms with Crippen molar-refractivity contribution in [3.05, 3.63) is 35.9 Å². The van der Waals surface area contributed by atoms with Crippen molar-refractivity contribution in [1.82, 2.24) is 9.80 Å². The number of hydrogen-bond donors (Lipinski definition) is 0. The zero-order valence-corrected chi connectivity index (χ0v) is 14.4. The lowest BCUT2D eigenvalue weighted by Gasteiger charge is -2.44. The van der Waals surface area contributed by atoms with Crippen molar-refractivity contribution < 1.29 is 9.53 Å². The number of nitrogens with zero attached hydrogens (tertiary/aromatic N) is 2. The third-order valence-corrected chi connectivity index (χ3v) is 5.96. The Balaban J connectivity index is 1.50. The highest BCUT2D eigenvalue weighted by Crippen LogP contribution is 2.32. The molecule has 4 nitrogen and oxygen atoms in total. The number of esters is 1. The van der Waals surface area contributed by atoms with Crippen LogP contribution in [-0.4, -0.2) is 54.6 Å². The molecule has 1 aromatic carbocycles. The number of rotatable bonds is 4. The maximum absolute atomic E-state index is 13.1. The van der Waals surface area contributed by atoms with Gasteiger partial charge in [0.2, 0.25) is 0 Å². The zero-order valence-electron chi connectivity index (χ0n) is 14.4. The van der Waals surface area contributed by atoms with Gasteiger partial charge in [-0.15, -0.1) is 0 Å². The summed E-state index contributed by atoms with van der Waals surface area (Å²) in [5.41, 5.74) is 1.07. The highest BCUT2D eigenvalue weighted by Gasteiger charge is 2.39. The molecule has 0 spiro atoms. The van der Waals surface area contributed by atoms with Crippen molar-refractivity contribution in [1.29, 1.82) is 0 Å².